The van der Waals surface area contributed by atoms with Crippen molar-refractivity contribution in [1.29, 1.82) is 0 Å². The fraction of sp³-hybridized carbons (Fsp3) is 0.231. The molecule has 1 atom stereocenters. The predicted molar refractivity (Wildman–Crippen MR) is 121 cm³/mol. The van der Waals surface area contributed by atoms with Crippen molar-refractivity contribution in [3.8, 4) is 5.75 Å². The van der Waals surface area contributed by atoms with E-state index in [-0.39, 0.29) is 0 Å². The Labute approximate surface area is 181 Å². The second-order valence-corrected chi connectivity index (χ2v) is 7.70. The van der Waals surface area contributed by atoms with Crippen molar-refractivity contribution in [1.82, 2.24) is 9.55 Å². The van der Waals surface area contributed by atoms with Crippen LogP contribution in [0.4, 0.5) is 0 Å². The molecule has 0 aliphatic heterocycles. The molecule has 0 aliphatic rings. The number of benzene rings is 3. The quantitative estimate of drug-likeness (QED) is 0.410. The number of imidazole rings is 1. The molecular weight excluding hydrogens is 388 g/mol. The van der Waals surface area contributed by atoms with Gasteiger partial charge in [0.25, 0.3) is 0 Å². The van der Waals surface area contributed by atoms with Crippen LogP contribution >= 0.6 is 0 Å². The fourth-order valence-electron chi connectivity index (χ4n) is 3.81. The molecule has 1 N–H and O–H groups in total. The molecule has 4 aromatic rings. The van der Waals surface area contributed by atoms with Crippen LogP contribution in [0.25, 0.3) is 11.0 Å². The van der Waals surface area contributed by atoms with Crippen LogP contribution in [0.5, 0.6) is 5.75 Å². The third-order valence-electron chi connectivity index (χ3n) is 5.38. The summed E-state index contributed by atoms with van der Waals surface area (Å²) in [5, 5.41) is 9.58. The highest BCUT2D eigenvalue weighted by Gasteiger charge is 2.21. The topological polar surface area (TPSA) is 64.4 Å². The second-order valence-electron chi connectivity index (χ2n) is 7.70. The van der Waals surface area contributed by atoms with E-state index in [9.17, 15) is 9.90 Å². The zero-order chi connectivity index (χ0) is 21.8. The second kappa shape index (κ2) is 9.04. The number of fused-ring (bicyclic) bond motifs is 1. The molecule has 0 amide bonds. The summed E-state index contributed by atoms with van der Waals surface area (Å²) in [4.78, 5) is 16.6. The molecule has 5 heteroatoms. The van der Waals surface area contributed by atoms with E-state index >= 15 is 0 Å². The molecule has 1 unspecified atom stereocenters. The van der Waals surface area contributed by atoms with Gasteiger partial charge in [0.1, 0.15) is 11.6 Å². The molecule has 3 aromatic carbocycles. The van der Waals surface area contributed by atoms with Crippen LogP contribution in [0.15, 0.2) is 72.8 Å². The largest absolute Gasteiger partial charge is 0.478 e. The lowest BCUT2D eigenvalue weighted by atomic mass is 10.1. The van der Waals surface area contributed by atoms with E-state index < -0.39 is 12.1 Å². The Hall–Kier alpha value is -3.60. The van der Waals surface area contributed by atoms with Crippen molar-refractivity contribution < 1.29 is 14.6 Å². The highest BCUT2D eigenvalue weighted by Crippen LogP contribution is 2.25. The molecule has 31 heavy (non-hydrogen) atoms. The number of carboxylic acid groups (broad SMARTS) is 1. The lowest BCUT2D eigenvalue weighted by molar-refractivity contribution is -0.145. The van der Waals surface area contributed by atoms with Crippen molar-refractivity contribution in [2.24, 2.45) is 0 Å². The maximum atomic E-state index is 11.7. The number of aromatic nitrogens is 2. The number of rotatable bonds is 8. The van der Waals surface area contributed by atoms with Gasteiger partial charge in [-0.1, -0.05) is 61.5 Å². The molecule has 0 spiro atoms. The van der Waals surface area contributed by atoms with Gasteiger partial charge in [-0.25, -0.2) is 9.78 Å². The summed E-state index contributed by atoms with van der Waals surface area (Å²) in [5.41, 5.74) is 5.09. The first kappa shape index (κ1) is 20.7. The van der Waals surface area contributed by atoms with E-state index in [4.69, 9.17) is 9.72 Å². The minimum Gasteiger partial charge on any atom is -0.478 e. The normalized spacial score (nSPS) is 12.1. The number of nitrogens with zero attached hydrogens (tertiary/aromatic N) is 2. The van der Waals surface area contributed by atoms with E-state index in [2.05, 4.69) is 36.6 Å². The number of ether oxygens (including phenoxy) is 1. The van der Waals surface area contributed by atoms with E-state index in [0.717, 1.165) is 35.3 Å². The molecule has 1 aromatic heterocycles. The first-order valence-corrected chi connectivity index (χ1v) is 10.5. The third-order valence-corrected chi connectivity index (χ3v) is 5.38. The SMILES string of the molecule is CCCc1nc2c(C)cccc2n1Cc1ccc(OC(C(=O)O)c2ccccc2)cc1. The smallest absolute Gasteiger partial charge is 0.349 e. The van der Waals surface area contributed by atoms with Crippen LogP contribution in [-0.4, -0.2) is 20.6 Å². The van der Waals surface area contributed by atoms with Crippen LogP contribution in [0.1, 0.15) is 42.0 Å². The fourth-order valence-corrected chi connectivity index (χ4v) is 3.81. The average molecular weight is 415 g/mol. The minimum absolute atomic E-state index is 0.528. The van der Waals surface area contributed by atoms with E-state index in [0.29, 0.717) is 17.9 Å². The summed E-state index contributed by atoms with van der Waals surface area (Å²) < 4.78 is 8.05. The summed E-state index contributed by atoms with van der Waals surface area (Å²) in [6, 6.07) is 22.9. The summed E-state index contributed by atoms with van der Waals surface area (Å²) in [6.45, 7) is 4.96. The maximum Gasteiger partial charge on any atom is 0.349 e. The van der Waals surface area contributed by atoms with Gasteiger partial charge in [-0.2, -0.15) is 0 Å². The van der Waals surface area contributed by atoms with Gasteiger partial charge >= 0.3 is 5.97 Å². The number of aryl methyl sites for hydroxylation is 2. The minimum atomic E-state index is -1.04. The van der Waals surface area contributed by atoms with Gasteiger partial charge in [0, 0.05) is 18.5 Å². The van der Waals surface area contributed by atoms with E-state index in [1.165, 1.54) is 5.56 Å². The standard InChI is InChI=1S/C26H26N2O3/c1-3-8-23-27-24-18(2)9-7-12-22(24)28(23)17-19-13-15-21(16-14-19)31-25(26(29)30)20-10-5-4-6-11-20/h4-7,9-16,25H,3,8,17H2,1-2H3,(H,29,30). The molecule has 0 saturated heterocycles. The number of carbonyl (C=O) groups is 1. The Morgan fingerprint density at radius 3 is 2.45 bits per heavy atom. The Bertz CT molecular complexity index is 1180. The van der Waals surface area contributed by atoms with Gasteiger partial charge in [-0.3, -0.25) is 0 Å². The number of hydrogen-bond donors (Lipinski definition) is 1. The molecule has 0 radical (unpaired) electrons. The van der Waals surface area contributed by atoms with Gasteiger partial charge < -0.3 is 14.4 Å². The molecule has 158 valence electrons. The number of aliphatic carboxylic acids is 1. The molecule has 5 nitrogen and oxygen atoms in total. The van der Waals surface area contributed by atoms with Gasteiger partial charge in [-0.15, -0.1) is 0 Å². The van der Waals surface area contributed by atoms with Gasteiger partial charge in [0.15, 0.2) is 0 Å². The molecule has 1 heterocycles. The van der Waals surface area contributed by atoms with Crippen molar-refractivity contribution in [2.45, 2.75) is 39.3 Å². The van der Waals surface area contributed by atoms with Crippen molar-refractivity contribution in [3.63, 3.8) is 0 Å². The van der Waals surface area contributed by atoms with Gasteiger partial charge in [-0.05, 0) is 42.7 Å². The zero-order valence-electron chi connectivity index (χ0n) is 17.8. The Kier molecular flexibility index (Phi) is 6.03. The Morgan fingerprint density at radius 2 is 1.77 bits per heavy atom. The highest BCUT2D eigenvalue weighted by molar-refractivity contribution is 5.79. The number of carboxylic acids is 1. The molecular formula is C26H26N2O3. The molecule has 0 saturated carbocycles. The predicted octanol–water partition coefficient (Wildman–Crippen LogP) is 5.55. The lowest BCUT2D eigenvalue weighted by Gasteiger charge is -2.16. The van der Waals surface area contributed by atoms with Gasteiger partial charge in [0.2, 0.25) is 6.10 Å². The summed E-state index contributed by atoms with van der Waals surface area (Å²) in [5.74, 6) is 0.599. The van der Waals surface area contributed by atoms with E-state index in [1.54, 1.807) is 12.1 Å². The van der Waals surface area contributed by atoms with Crippen LogP contribution in [0.2, 0.25) is 0 Å². The maximum absolute atomic E-state index is 11.7. The first-order chi connectivity index (χ1) is 15.1. The van der Waals surface area contributed by atoms with Crippen LogP contribution in [-0.2, 0) is 17.8 Å². The van der Waals surface area contributed by atoms with Crippen LogP contribution in [0.3, 0.4) is 0 Å². The molecule has 0 aliphatic carbocycles. The first-order valence-electron chi connectivity index (χ1n) is 10.5. The van der Waals surface area contributed by atoms with Crippen LogP contribution < -0.4 is 4.74 Å². The highest BCUT2D eigenvalue weighted by atomic mass is 16.5. The monoisotopic (exact) mass is 414 g/mol. The number of hydrogen-bond acceptors (Lipinski definition) is 3. The molecule has 0 fully saturated rings. The van der Waals surface area contributed by atoms with Crippen molar-refractivity contribution in [2.75, 3.05) is 0 Å². The third kappa shape index (κ3) is 4.45. The van der Waals surface area contributed by atoms with Crippen molar-refractivity contribution in [3.05, 3.63) is 95.3 Å². The lowest BCUT2D eigenvalue weighted by Crippen LogP contribution is -2.18. The van der Waals surface area contributed by atoms with Crippen LogP contribution in [0, 0.1) is 6.92 Å². The number of para-hydroxylation sites is 1. The summed E-state index contributed by atoms with van der Waals surface area (Å²) in [7, 11) is 0. The average Bonchev–Trinajstić information content (AvgIpc) is 3.12. The van der Waals surface area contributed by atoms with Gasteiger partial charge in [0.05, 0.1) is 11.0 Å². The van der Waals surface area contributed by atoms with E-state index in [1.807, 2.05) is 42.5 Å². The summed E-state index contributed by atoms with van der Waals surface area (Å²) in [6.07, 6.45) is 0.918. The van der Waals surface area contributed by atoms with Crippen molar-refractivity contribution >= 4 is 17.0 Å². The molecule has 0 bridgehead atoms. The molecule has 4 rings (SSSR count). The summed E-state index contributed by atoms with van der Waals surface area (Å²) >= 11 is 0. The Balaban J connectivity index is 1.57. The Morgan fingerprint density at radius 1 is 1.03 bits per heavy atom. The zero-order valence-corrected chi connectivity index (χ0v) is 17.8.